The molecule has 0 N–H and O–H groups in total. The third-order valence-electron chi connectivity index (χ3n) is 4.63. The van der Waals surface area contributed by atoms with E-state index in [4.69, 9.17) is 0 Å². The van der Waals surface area contributed by atoms with Crippen molar-refractivity contribution in [2.24, 2.45) is 9.81 Å². The molecule has 2 fully saturated rings. The molecule has 0 atom stereocenters. The summed E-state index contributed by atoms with van der Waals surface area (Å²) in [4.78, 5) is 2.56. The van der Waals surface area contributed by atoms with E-state index in [-0.39, 0.29) is 4.75 Å². The zero-order valence-electron chi connectivity index (χ0n) is 13.7. The first-order valence-corrected chi connectivity index (χ1v) is 9.98. The van der Waals surface area contributed by atoms with E-state index >= 15 is 0 Å². The molecule has 2 aliphatic rings. The molecule has 0 bridgehead atoms. The molecule has 0 amide bonds. The predicted molar refractivity (Wildman–Crippen MR) is 107 cm³/mol. The van der Waals surface area contributed by atoms with Crippen molar-refractivity contribution in [1.29, 1.82) is 0 Å². The lowest BCUT2D eigenvalue weighted by atomic mass is 9.93. The zero-order chi connectivity index (χ0) is 15.8. The molecule has 1 aliphatic heterocycles. The smallest absolute Gasteiger partial charge is 0.0466 e. The van der Waals surface area contributed by atoms with Crippen molar-refractivity contribution < 1.29 is 0 Å². The molecule has 22 heavy (non-hydrogen) atoms. The Morgan fingerprint density at radius 3 is 2.45 bits per heavy atom. The Hall–Kier alpha value is -0.230. The molecule has 2 nitrogen and oxygen atoms in total. The van der Waals surface area contributed by atoms with Gasteiger partial charge in [0.25, 0.3) is 0 Å². The van der Waals surface area contributed by atoms with Crippen LogP contribution in [0, 0.1) is 8.99 Å². The largest absolute Gasteiger partial charge is 0.371 e. The van der Waals surface area contributed by atoms with Gasteiger partial charge in [0.2, 0.25) is 0 Å². The minimum atomic E-state index is 0.170. The quantitative estimate of drug-likeness (QED) is 0.357. The van der Waals surface area contributed by atoms with Crippen LogP contribution in [0.15, 0.2) is 22.6 Å². The fraction of sp³-hybridized carbons (Fsp3) is 0.611. The number of halogens is 1. The molecule has 1 saturated carbocycles. The van der Waals surface area contributed by atoms with Gasteiger partial charge in [0.05, 0.1) is 0 Å². The van der Waals surface area contributed by atoms with E-state index in [1.54, 1.807) is 11.9 Å². The van der Waals surface area contributed by atoms with Crippen LogP contribution in [-0.2, 0) is 0 Å². The Bertz CT molecular complexity index is 563. The normalized spacial score (nSPS) is 20.8. The van der Waals surface area contributed by atoms with Crippen LogP contribution in [0.1, 0.15) is 52.0 Å². The minimum absolute atomic E-state index is 0.170. The summed E-state index contributed by atoms with van der Waals surface area (Å²) < 4.78 is 6.08. The highest BCUT2D eigenvalue weighted by atomic mass is 127. The van der Waals surface area contributed by atoms with E-state index in [0.29, 0.717) is 0 Å². The third-order valence-corrected chi connectivity index (χ3v) is 6.06. The van der Waals surface area contributed by atoms with Gasteiger partial charge in [0, 0.05) is 38.9 Å². The average molecular weight is 428 g/mol. The van der Waals surface area contributed by atoms with Crippen molar-refractivity contribution in [2.75, 3.05) is 18.0 Å². The van der Waals surface area contributed by atoms with Crippen molar-refractivity contribution >= 4 is 46.4 Å². The first kappa shape index (κ1) is 16.6. The summed E-state index contributed by atoms with van der Waals surface area (Å²) in [5.74, 6) is 0. The number of hydrogen-bond donors (Lipinski definition) is 0. The van der Waals surface area contributed by atoms with Crippen LogP contribution in [-0.4, -0.2) is 24.1 Å². The van der Waals surface area contributed by atoms with Crippen molar-refractivity contribution in [1.82, 2.24) is 0 Å². The van der Waals surface area contributed by atoms with Gasteiger partial charge in [-0.25, -0.2) is 4.40 Å². The summed E-state index contributed by atoms with van der Waals surface area (Å²) in [7, 11) is 0. The number of benzene rings is 1. The number of nitrogens with zero attached hydrogens (tertiary/aromatic N) is 2. The molecule has 1 saturated heterocycles. The Balaban J connectivity index is 1.76. The molecule has 1 aromatic rings. The van der Waals surface area contributed by atoms with Gasteiger partial charge in [-0.05, 0) is 98.5 Å². The van der Waals surface area contributed by atoms with Crippen LogP contribution in [0.2, 0.25) is 0 Å². The van der Waals surface area contributed by atoms with Crippen molar-refractivity contribution in [2.45, 2.75) is 51.2 Å². The highest BCUT2D eigenvalue weighted by Gasteiger charge is 2.44. The lowest BCUT2D eigenvalue weighted by molar-refractivity contribution is 0.384. The summed E-state index contributed by atoms with van der Waals surface area (Å²) in [6, 6.07) is 6.71. The van der Waals surface area contributed by atoms with Gasteiger partial charge in [0.15, 0.2) is 0 Å². The van der Waals surface area contributed by atoms with Crippen LogP contribution in [0.5, 0.6) is 0 Å². The number of rotatable bonds is 3. The lowest BCUT2D eigenvalue weighted by Gasteiger charge is -2.34. The van der Waals surface area contributed by atoms with E-state index in [1.165, 1.54) is 53.6 Å². The molecule has 4 heteroatoms. The van der Waals surface area contributed by atoms with Crippen molar-refractivity contribution in [3.63, 3.8) is 0 Å². The van der Waals surface area contributed by atoms with Crippen LogP contribution >= 0.6 is 34.5 Å². The van der Waals surface area contributed by atoms with Gasteiger partial charge in [-0.3, -0.25) is 0 Å². The van der Waals surface area contributed by atoms with E-state index < -0.39 is 0 Å². The summed E-state index contributed by atoms with van der Waals surface area (Å²) in [6.45, 7) is 9.00. The Kier molecular flexibility index (Phi) is 4.79. The average Bonchev–Trinajstić information content (AvgIpc) is 3.20. The fourth-order valence-electron chi connectivity index (χ4n) is 3.04. The Labute approximate surface area is 152 Å². The molecule has 1 aromatic carbocycles. The maximum absolute atomic E-state index is 4.60. The van der Waals surface area contributed by atoms with Crippen LogP contribution in [0.25, 0.3) is 0 Å². The first-order valence-electron chi connectivity index (χ1n) is 8.13. The SMILES string of the molecule is CC(C)(C)SN=Cc1ccc(I)cc1N1CCC2(CC1)CC2. The monoisotopic (exact) mass is 428 g/mol. The molecular weight excluding hydrogens is 403 g/mol. The lowest BCUT2D eigenvalue weighted by Crippen LogP contribution is -2.35. The summed E-state index contributed by atoms with van der Waals surface area (Å²) in [5.41, 5.74) is 3.35. The van der Waals surface area contributed by atoms with E-state index in [9.17, 15) is 0 Å². The van der Waals surface area contributed by atoms with E-state index in [1.807, 2.05) is 6.21 Å². The first-order chi connectivity index (χ1) is 10.4. The second-order valence-corrected chi connectivity index (χ2v) is 10.5. The Morgan fingerprint density at radius 1 is 1.18 bits per heavy atom. The molecule has 1 aliphatic carbocycles. The zero-order valence-corrected chi connectivity index (χ0v) is 16.7. The molecule has 1 spiro atoms. The molecule has 0 radical (unpaired) electrons. The minimum Gasteiger partial charge on any atom is -0.371 e. The summed E-state index contributed by atoms with van der Waals surface area (Å²) >= 11 is 4.06. The van der Waals surface area contributed by atoms with Gasteiger partial charge in [-0.2, -0.15) is 0 Å². The number of hydrogen-bond acceptors (Lipinski definition) is 3. The maximum Gasteiger partial charge on any atom is 0.0466 e. The topological polar surface area (TPSA) is 15.6 Å². The van der Waals surface area contributed by atoms with Crippen molar-refractivity contribution in [3.05, 3.63) is 27.3 Å². The second-order valence-electron chi connectivity index (χ2n) is 7.63. The maximum atomic E-state index is 4.60. The van der Waals surface area contributed by atoms with Gasteiger partial charge in [-0.15, -0.1) is 0 Å². The van der Waals surface area contributed by atoms with Gasteiger partial charge in [-0.1, -0.05) is 6.07 Å². The summed E-state index contributed by atoms with van der Waals surface area (Å²) in [5, 5.41) is 0. The highest BCUT2D eigenvalue weighted by molar-refractivity contribution is 14.1. The highest BCUT2D eigenvalue weighted by Crippen LogP contribution is 2.54. The van der Waals surface area contributed by atoms with Crippen molar-refractivity contribution in [3.8, 4) is 0 Å². The summed E-state index contributed by atoms with van der Waals surface area (Å²) in [6.07, 6.45) is 7.70. The van der Waals surface area contributed by atoms with Crippen LogP contribution in [0.3, 0.4) is 0 Å². The molecule has 1 heterocycles. The third kappa shape index (κ3) is 4.19. The van der Waals surface area contributed by atoms with Crippen LogP contribution in [0.4, 0.5) is 5.69 Å². The Morgan fingerprint density at radius 2 is 1.86 bits per heavy atom. The van der Waals surface area contributed by atoms with E-state index in [0.717, 1.165) is 5.41 Å². The molecule has 3 rings (SSSR count). The van der Waals surface area contributed by atoms with Gasteiger partial charge < -0.3 is 4.90 Å². The molecule has 0 aromatic heterocycles. The number of piperidine rings is 1. The molecule has 0 unspecified atom stereocenters. The van der Waals surface area contributed by atoms with Gasteiger partial charge in [0.1, 0.15) is 0 Å². The number of anilines is 1. The van der Waals surface area contributed by atoms with Crippen LogP contribution < -0.4 is 4.90 Å². The fourth-order valence-corrected chi connectivity index (χ4v) is 4.00. The molecule has 120 valence electrons. The van der Waals surface area contributed by atoms with E-state index in [2.05, 4.69) is 70.9 Å². The second kappa shape index (κ2) is 6.34. The predicted octanol–water partition coefficient (Wildman–Crippen LogP) is 5.54. The van der Waals surface area contributed by atoms with Gasteiger partial charge >= 0.3 is 0 Å². The standard InChI is InChI=1S/C18H25IN2S/c1-17(2,3)22-20-13-14-4-5-15(19)12-16(14)21-10-8-18(6-7-18)9-11-21/h4-5,12-13H,6-11H2,1-3H3. The molecular formula is C18H25IN2S.